The molecule has 3 atom stereocenters. The summed E-state index contributed by atoms with van der Waals surface area (Å²) in [6, 6.07) is 4.03. The van der Waals surface area contributed by atoms with Gasteiger partial charge in [0.15, 0.2) is 0 Å². The molecule has 3 N–H and O–H groups in total. The lowest BCUT2D eigenvalue weighted by Crippen LogP contribution is -2.46. The van der Waals surface area contributed by atoms with E-state index >= 15 is 0 Å². The summed E-state index contributed by atoms with van der Waals surface area (Å²) in [7, 11) is 0. The minimum absolute atomic E-state index is 0.0920. The molecule has 7 nitrogen and oxygen atoms in total. The molecular weight excluding hydrogens is 504 g/mol. The van der Waals surface area contributed by atoms with Crippen LogP contribution in [0.15, 0.2) is 29.5 Å². The van der Waals surface area contributed by atoms with Gasteiger partial charge in [-0.1, -0.05) is 6.07 Å². The highest BCUT2D eigenvalue weighted by Gasteiger charge is 2.42. The van der Waals surface area contributed by atoms with E-state index in [9.17, 15) is 4.79 Å². The van der Waals surface area contributed by atoms with Crippen LogP contribution in [0.1, 0.15) is 73.4 Å². The summed E-state index contributed by atoms with van der Waals surface area (Å²) in [6.07, 6.45) is 11.2. The number of pyridine rings is 1. The van der Waals surface area contributed by atoms with E-state index in [0.717, 1.165) is 44.1 Å². The third kappa shape index (κ3) is 5.87. The largest absolute Gasteiger partial charge is 0.356 e. The highest BCUT2D eigenvalue weighted by Crippen LogP contribution is 2.44. The molecule has 1 aliphatic carbocycles. The van der Waals surface area contributed by atoms with Gasteiger partial charge in [-0.25, -0.2) is 10.9 Å². The first kappa shape index (κ1) is 26.6. The number of alkyl halides is 1. The molecule has 0 bridgehead atoms. The fraction of sp³-hybridized carbons (Fsp3) is 0.607. The van der Waals surface area contributed by atoms with Crippen molar-refractivity contribution >= 4 is 39.6 Å². The zero-order valence-corrected chi connectivity index (χ0v) is 23.7. The van der Waals surface area contributed by atoms with Crippen molar-refractivity contribution in [3.63, 3.8) is 0 Å². The molecule has 1 saturated carbocycles. The Morgan fingerprint density at radius 3 is 2.81 bits per heavy atom. The van der Waals surface area contributed by atoms with Crippen LogP contribution in [-0.4, -0.2) is 46.9 Å². The van der Waals surface area contributed by atoms with Crippen LogP contribution >= 0.6 is 22.9 Å². The summed E-state index contributed by atoms with van der Waals surface area (Å²) in [5.41, 5.74) is 12.1. The summed E-state index contributed by atoms with van der Waals surface area (Å²) in [5, 5.41) is 4.74. The molecule has 2 aromatic rings. The van der Waals surface area contributed by atoms with Crippen molar-refractivity contribution in [1.29, 1.82) is 0 Å². The molecule has 1 saturated heterocycles. The van der Waals surface area contributed by atoms with Gasteiger partial charge in [0.05, 0.1) is 12.2 Å². The number of nitrogens with one attached hydrogen (secondary N) is 3. The van der Waals surface area contributed by atoms with Crippen LogP contribution in [0.25, 0.3) is 0 Å². The summed E-state index contributed by atoms with van der Waals surface area (Å²) in [6.45, 7) is 7.36. The second kappa shape index (κ2) is 11.8. The average Bonchev–Trinajstić information content (AvgIpc) is 3.37. The van der Waals surface area contributed by atoms with Crippen molar-refractivity contribution in [2.24, 2.45) is 10.9 Å². The quantitative estimate of drug-likeness (QED) is 0.328. The predicted octanol–water partition coefficient (Wildman–Crippen LogP) is 4.84. The van der Waals surface area contributed by atoms with Gasteiger partial charge in [-0.05, 0) is 82.9 Å². The van der Waals surface area contributed by atoms with Crippen molar-refractivity contribution in [1.82, 2.24) is 21.2 Å². The molecule has 4 heterocycles. The van der Waals surface area contributed by atoms with E-state index in [1.165, 1.54) is 26.7 Å². The van der Waals surface area contributed by atoms with Crippen LogP contribution in [0.3, 0.4) is 0 Å². The zero-order chi connectivity index (χ0) is 25.9. The Kier molecular flexibility index (Phi) is 8.49. The predicted molar refractivity (Wildman–Crippen MR) is 153 cm³/mol. The summed E-state index contributed by atoms with van der Waals surface area (Å²) >= 11 is 8.37. The van der Waals surface area contributed by atoms with Gasteiger partial charge in [0, 0.05) is 52.8 Å². The first-order valence-electron chi connectivity index (χ1n) is 13.7. The number of carbonyl (C=O) groups is 1. The Morgan fingerprint density at radius 2 is 2.05 bits per heavy atom. The molecular formula is C28H39ClN6OS. The van der Waals surface area contributed by atoms with Gasteiger partial charge in [0.1, 0.15) is 11.2 Å². The maximum atomic E-state index is 12.4. The first-order valence-corrected chi connectivity index (χ1v) is 14.9. The van der Waals surface area contributed by atoms with Gasteiger partial charge in [-0.15, -0.1) is 22.9 Å². The van der Waals surface area contributed by atoms with Gasteiger partial charge < -0.3 is 10.2 Å². The number of amides is 1. The van der Waals surface area contributed by atoms with Gasteiger partial charge in [-0.2, -0.15) is 0 Å². The number of hydrogen-bond acceptors (Lipinski definition) is 7. The van der Waals surface area contributed by atoms with Crippen molar-refractivity contribution in [3.8, 4) is 0 Å². The standard InChI is InChI=1S/C28H39ClN6OS/c1-17-18(2)37-28-25(17)26(21-9-11-22(29)12-10-21)32-23(27-34-33-19(3)35(27)28)7-5-15-31-24(36)13-8-20-6-4-14-30-16-20/h4,6,14,16,19,21-23,27,33-34H,5,7-13,15H2,1-3H3,(H,31,36). The zero-order valence-electron chi connectivity index (χ0n) is 22.1. The molecule has 2 aromatic heterocycles. The first-order chi connectivity index (χ1) is 17.9. The summed E-state index contributed by atoms with van der Waals surface area (Å²) in [4.78, 5) is 25.9. The van der Waals surface area contributed by atoms with Gasteiger partial charge in [0.25, 0.3) is 0 Å². The molecule has 2 fully saturated rings. The number of rotatable bonds is 8. The normalized spacial score (nSPS) is 27.3. The van der Waals surface area contributed by atoms with Crippen molar-refractivity contribution < 1.29 is 4.79 Å². The molecule has 3 aliphatic rings. The molecule has 1 amide bonds. The molecule has 2 aliphatic heterocycles. The number of nitrogens with zero attached hydrogens (tertiary/aromatic N) is 3. The topological polar surface area (TPSA) is 81.6 Å². The second-order valence-electron chi connectivity index (χ2n) is 10.7. The lowest BCUT2D eigenvalue weighted by atomic mass is 9.82. The molecule has 200 valence electrons. The molecule has 0 aromatic carbocycles. The Morgan fingerprint density at radius 1 is 1.24 bits per heavy atom. The van der Waals surface area contributed by atoms with Crippen LogP contribution < -0.4 is 21.1 Å². The van der Waals surface area contributed by atoms with Crippen LogP contribution in [0.5, 0.6) is 0 Å². The van der Waals surface area contributed by atoms with Crippen molar-refractivity contribution in [2.75, 3.05) is 11.4 Å². The van der Waals surface area contributed by atoms with Crippen LogP contribution in [0, 0.1) is 19.8 Å². The highest BCUT2D eigenvalue weighted by atomic mass is 35.5. The third-order valence-corrected chi connectivity index (χ3v) is 9.75. The number of anilines is 1. The summed E-state index contributed by atoms with van der Waals surface area (Å²) < 4.78 is 0. The maximum Gasteiger partial charge on any atom is 0.220 e. The lowest BCUT2D eigenvalue weighted by Gasteiger charge is -2.30. The number of aromatic nitrogens is 1. The number of fused-ring (bicyclic) bond motifs is 3. The minimum Gasteiger partial charge on any atom is -0.356 e. The van der Waals surface area contributed by atoms with E-state index in [-0.39, 0.29) is 24.3 Å². The number of aliphatic imine (C=N–C) groups is 1. The number of aryl methyl sites for hydroxylation is 2. The maximum absolute atomic E-state index is 12.4. The summed E-state index contributed by atoms with van der Waals surface area (Å²) in [5.74, 6) is 0.551. The number of thiophene rings is 1. The fourth-order valence-electron chi connectivity index (χ4n) is 5.87. The van der Waals surface area contributed by atoms with Gasteiger partial charge in [0.2, 0.25) is 5.91 Å². The van der Waals surface area contributed by atoms with Crippen LogP contribution in [0.2, 0.25) is 0 Å². The van der Waals surface area contributed by atoms with Crippen LogP contribution in [-0.2, 0) is 11.2 Å². The number of carbonyl (C=O) groups excluding carboxylic acids is 1. The number of halogens is 1. The average molecular weight is 543 g/mol. The van der Waals surface area contributed by atoms with Crippen LogP contribution in [0.4, 0.5) is 5.00 Å². The van der Waals surface area contributed by atoms with Gasteiger partial charge >= 0.3 is 0 Å². The Labute approximate surface area is 229 Å². The Hall–Kier alpha value is -2.00. The number of hydrazine groups is 1. The number of hydrogen-bond donors (Lipinski definition) is 3. The molecule has 3 unspecified atom stereocenters. The Balaban J connectivity index is 1.29. The molecule has 9 heteroatoms. The monoisotopic (exact) mass is 542 g/mol. The van der Waals surface area contributed by atoms with Crippen molar-refractivity contribution in [3.05, 3.63) is 46.1 Å². The van der Waals surface area contributed by atoms with E-state index in [0.29, 0.717) is 30.7 Å². The fourth-order valence-corrected chi connectivity index (χ4v) is 7.40. The van der Waals surface area contributed by atoms with E-state index in [1.54, 1.807) is 6.20 Å². The second-order valence-corrected chi connectivity index (χ2v) is 12.5. The molecule has 0 radical (unpaired) electrons. The lowest BCUT2D eigenvalue weighted by molar-refractivity contribution is -0.121. The van der Waals surface area contributed by atoms with E-state index < -0.39 is 0 Å². The highest BCUT2D eigenvalue weighted by molar-refractivity contribution is 7.16. The Bertz CT molecular complexity index is 1110. The van der Waals surface area contributed by atoms with E-state index in [4.69, 9.17) is 16.6 Å². The third-order valence-electron chi connectivity index (χ3n) is 8.09. The van der Waals surface area contributed by atoms with E-state index in [1.807, 2.05) is 29.7 Å². The molecule has 37 heavy (non-hydrogen) atoms. The smallest absolute Gasteiger partial charge is 0.220 e. The minimum atomic E-state index is 0.0920. The van der Waals surface area contributed by atoms with E-state index in [2.05, 4.69) is 46.8 Å². The van der Waals surface area contributed by atoms with Gasteiger partial charge in [-0.3, -0.25) is 14.8 Å². The molecule has 5 rings (SSSR count). The van der Waals surface area contributed by atoms with Crippen molar-refractivity contribution in [2.45, 2.75) is 95.9 Å². The SMILES string of the molecule is Cc1sc2c(c1C)C(C1CCC(Cl)CC1)=NC(CCCNC(=O)CCc1cccnc1)C1NNC(C)N21. The molecule has 0 spiro atoms.